The molecule has 0 saturated carbocycles. The highest BCUT2D eigenvalue weighted by Gasteiger charge is 2.09. The van der Waals surface area contributed by atoms with Crippen molar-refractivity contribution < 1.29 is 13.5 Å². The Morgan fingerprint density at radius 1 is 1.33 bits per heavy atom. The zero-order chi connectivity index (χ0) is 9.35. The largest absolute Gasteiger partial charge is 0.508 e. The number of benzene rings is 1. The van der Waals surface area contributed by atoms with Gasteiger partial charge in [-0.3, -0.25) is 0 Å². The summed E-state index contributed by atoms with van der Waals surface area (Å²) in [5, 5.41) is 9.01. The van der Waals surface area contributed by atoms with Crippen LogP contribution >= 0.6 is 0 Å². The Balaban J connectivity index is 3.39. The number of aromatic hydroxyl groups is 1. The lowest BCUT2D eigenvalue weighted by Crippen LogP contribution is -1.99. The average Bonchev–Trinajstić information content (AvgIpc) is 1.83. The predicted molar refractivity (Wildman–Crippen MR) is 46.0 cm³/mol. The molecule has 1 aromatic carbocycles. The van der Waals surface area contributed by atoms with Crippen molar-refractivity contribution in [3.63, 3.8) is 0 Å². The molecule has 0 atom stereocenters. The summed E-state index contributed by atoms with van der Waals surface area (Å²) >= 11 is 0. The lowest BCUT2D eigenvalue weighted by Gasteiger charge is -2.02. The monoisotopic (exact) mass is 186 g/mol. The molecule has 0 aliphatic heterocycles. The first-order chi connectivity index (χ1) is 5.41. The standard InChI is InChI=1S/C8H10O3S/c1-6-5-7(9)3-4-8(6)12(2,10)11/h3-5,9H,1-2H3. The van der Waals surface area contributed by atoms with Gasteiger partial charge in [0.05, 0.1) is 4.90 Å². The maximum absolute atomic E-state index is 11.1. The summed E-state index contributed by atoms with van der Waals surface area (Å²) in [7, 11) is -3.16. The van der Waals surface area contributed by atoms with Crippen LogP contribution in [0.25, 0.3) is 0 Å². The van der Waals surface area contributed by atoms with Gasteiger partial charge in [0, 0.05) is 6.26 Å². The van der Waals surface area contributed by atoms with Crippen molar-refractivity contribution in [3.8, 4) is 5.75 Å². The van der Waals surface area contributed by atoms with E-state index in [4.69, 9.17) is 5.11 Å². The molecule has 1 rings (SSSR count). The zero-order valence-electron chi connectivity index (χ0n) is 6.90. The molecule has 1 aromatic rings. The van der Waals surface area contributed by atoms with Gasteiger partial charge in [-0.25, -0.2) is 8.42 Å². The second kappa shape index (κ2) is 2.79. The number of aryl methyl sites for hydroxylation is 1. The molecular weight excluding hydrogens is 176 g/mol. The van der Waals surface area contributed by atoms with Gasteiger partial charge in [-0.1, -0.05) is 0 Å². The number of hydrogen-bond acceptors (Lipinski definition) is 3. The van der Waals surface area contributed by atoms with Crippen molar-refractivity contribution in [2.45, 2.75) is 11.8 Å². The molecule has 4 heteroatoms. The topological polar surface area (TPSA) is 54.4 Å². The lowest BCUT2D eigenvalue weighted by atomic mass is 10.2. The van der Waals surface area contributed by atoms with Crippen molar-refractivity contribution in [1.29, 1.82) is 0 Å². The summed E-state index contributed by atoms with van der Waals surface area (Å²) < 4.78 is 22.2. The van der Waals surface area contributed by atoms with Crippen molar-refractivity contribution in [1.82, 2.24) is 0 Å². The number of phenols is 1. The maximum Gasteiger partial charge on any atom is 0.175 e. The van der Waals surface area contributed by atoms with Crippen LogP contribution in [0.2, 0.25) is 0 Å². The third-order valence-corrected chi connectivity index (χ3v) is 2.81. The number of phenolic OH excluding ortho intramolecular Hbond substituents is 1. The van der Waals surface area contributed by atoms with Crippen LogP contribution in [0.3, 0.4) is 0 Å². The highest BCUT2D eigenvalue weighted by atomic mass is 32.2. The highest BCUT2D eigenvalue weighted by Crippen LogP contribution is 2.19. The van der Waals surface area contributed by atoms with Gasteiger partial charge in [0.15, 0.2) is 9.84 Å². The summed E-state index contributed by atoms with van der Waals surface area (Å²) in [5.74, 6) is 0.0832. The molecule has 0 fully saturated rings. The van der Waals surface area contributed by atoms with Crippen LogP contribution in [0.4, 0.5) is 0 Å². The number of sulfone groups is 1. The molecule has 0 saturated heterocycles. The zero-order valence-corrected chi connectivity index (χ0v) is 7.72. The average molecular weight is 186 g/mol. The van der Waals surface area contributed by atoms with E-state index in [1.54, 1.807) is 6.92 Å². The SMILES string of the molecule is Cc1cc(O)ccc1S(C)(=O)=O. The Morgan fingerprint density at radius 2 is 1.92 bits per heavy atom. The molecule has 1 N–H and O–H groups in total. The Hall–Kier alpha value is -1.03. The molecule has 66 valence electrons. The first-order valence-corrected chi connectivity index (χ1v) is 5.30. The summed E-state index contributed by atoms with van der Waals surface area (Å²) in [6.07, 6.45) is 1.15. The second-order valence-electron chi connectivity index (χ2n) is 2.72. The molecule has 0 spiro atoms. The molecule has 0 aliphatic carbocycles. The van der Waals surface area contributed by atoms with E-state index in [0.717, 1.165) is 6.26 Å². The molecule has 0 radical (unpaired) electrons. The number of rotatable bonds is 1. The first-order valence-electron chi connectivity index (χ1n) is 3.41. The van der Waals surface area contributed by atoms with Gasteiger partial charge in [0.1, 0.15) is 5.75 Å². The van der Waals surface area contributed by atoms with E-state index < -0.39 is 9.84 Å². The van der Waals surface area contributed by atoms with Gasteiger partial charge in [-0.05, 0) is 30.7 Å². The third kappa shape index (κ3) is 1.76. The van der Waals surface area contributed by atoms with Crippen LogP contribution in [0.15, 0.2) is 23.1 Å². The normalized spacial score (nSPS) is 11.5. The van der Waals surface area contributed by atoms with Crippen molar-refractivity contribution >= 4 is 9.84 Å². The van der Waals surface area contributed by atoms with Gasteiger partial charge in [0.2, 0.25) is 0 Å². The molecular formula is C8H10O3S. The molecule has 0 aliphatic rings. The Kier molecular flexibility index (Phi) is 2.10. The summed E-state index contributed by atoms with van der Waals surface area (Å²) in [6.45, 7) is 1.65. The van der Waals surface area contributed by atoms with Crippen LogP contribution < -0.4 is 0 Å². The minimum Gasteiger partial charge on any atom is -0.508 e. The van der Waals surface area contributed by atoms with Crippen LogP contribution in [0.5, 0.6) is 5.75 Å². The molecule has 3 nitrogen and oxygen atoms in total. The highest BCUT2D eigenvalue weighted by molar-refractivity contribution is 7.90. The third-order valence-electron chi connectivity index (χ3n) is 1.56. The Morgan fingerprint density at radius 3 is 2.33 bits per heavy atom. The van der Waals surface area contributed by atoms with Crippen LogP contribution in [-0.2, 0) is 9.84 Å². The smallest absolute Gasteiger partial charge is 0.175 e. The number of hydrogen-bond donors (Lipinski definition) is 1. The van der Waals surface area contributed by atoms with E-state index >= 15 is 0 Å². The summed E-state index contributed by atoms with van der Waals surface area (Å²) in [5.41, 5.74) is 0.567. The van der Waals surface area contributed by atoms with E-state index in [0.29, 0.717) is 5.56 Å². The fourth-order valence-electron chi connectivity index (χ4n) is 1.05. The molecule has 0 amide bonds. The van der Waals surface area contributed by atoms with Gasteiger partial charge in [-0.2, -0.15) is 0 Å². The van der Waals surface area contributed by atoms with Gasteiger partial charge < -0.3 is 5.11 Å². The first kappa shape index (κ1) is 9.06. The predicted octanol–water partition coefficient (Wildman–Crippen LogP) is 1.10. The van der Waals surface area contributed by atoms with E-state index in [2.05, 4.69) is 0 Å². The Labute approximate surface area is 71.6 Å². The van der Waals surface area contributed by atoms with Crippen LogP contribution in [0, 0.1) is 6.92 Å². The quantitative estimate of drug-likeness (QED) is 0.714. The van der Waals surface area contributed by atoms with E-state index in [-0.39, 0.29) is 10.6 Å². The van der Waals surface area contributed by atoms with Crippen molar-refractivity contribution in [2.75, 3.05) is 6.26 Å². The fourth-order valence-corrected chi connectivity index (χ4v) is 2.01. The van der Waals surface area contributed by atoms with Crippen LogP contribution in [-0.4, -0.2) is 19.8 Å². The summed E-state index contributed by atoms with van der Waals surface area (Å²) in [4.78, 5) is 0.264. The van der Waals surface area contributed by atoms with Gasteiger partial charge in [-0.15, -0.1) is 0 Å². The summed E-state index contributed by atoms with van der Waals surface area (Å²) in [6, 6.07) is 4.19. The van der Waals surface area contributed by atoms with Gasteiger partial charge >= 0.3 is 0 Å². The molecule has 0 bridgehead atoms. The Bertz CT molecular complexity index is 393. The molecule has 0 heterocycles. The van der Waals surface area contributed by atoms with Crippen molar-refractivity contribution in [2.24, 2.45) is 0 Å². The lowest BCUT2D eigenvalue weighted by molar-refractivity contribution is 0.474. The minimum absolute atomic E-state index is 0.0832. The maximum atomic E-state index is 11.1. The molecule has 0 aromatic heterocycles. The van der Waals surface area contributed by atoms with Crippen LogP contribution in [0.1, 0.15) is 5.56 Å². The minimum atomic E-state index is -3.16. The van der Waals surface area contributed by atoms with Gasteiger partial charge in [0.25, 0.3) is 0 Å². The van der Waals surface area contributed by atoms with E-state index in [9.17, 15) is 8.42 Å². The van der Waals surface area contributed by atoms with Crippen molar-refractivity contribution in [3.05, 3.63) is 23.8 Å². The van der Waals surface area contributed by atoms with E-state index in [1.807, 2.05) is 0 Å². The molecule has 0 unspecified atom stereocenters. The fraction of sp³-hybridized carbons (Fsp3) is 0.250. The van der Waals surface area contributed by atoms with E-state index in [1.165, 1.54) is 18.2 Å². The second-order valence-corrected chi connectivity index (χ2v) is 4.71. The molecule has 12 heavy (non-hydrogen) atoms.